The SMILES string of the molecule is Cc1cc(Sc2nnc(C3CCNCC3)n2C)cc(C)n1. The topological polar surface area (TPSA) is 55.6 Å². The molecular weight excluding hydrogens is 282 g/mol. The normalized spacial score (nSPS) is 16.3. The van der Waals surface area contributed by atoms with Crippen LogP contribution >= 0.6 is 11.8 Å². The number of aromatic nitrogens is 4. The molecule has 0 amide bonds. The molecule has 0 aliphatic carbocycles. The summed E-state index contributed by atoms with van der Waals surface area (Å²) in [5.41, 5.74) is 2.08. The first kappa shape index (κ1) is 14.5. The van der Waals surface area contributed by atoms with Crippen LogP contribution in [0.15, 0.2) is 22.2 Å². The molecule has 0 bridgehead atoms. The predicted molar refractivity (Wildman–Crippen MR) is 83.7 cm³/mol. The minimum Gasteiger partial charge on any atom is -0.317 e. The molecule has 112 valence electrons. The summed E-state index contributed by atoms with van der Waals surface area (Å²) in [5.74, 6) is 1.64. The average molecular weight is 303 g/mol. The van der Waals surface area contributed by atoms with Gasteiger partial charge in [-0.25, -0.2) is 0 Å². The molecule has 1 fully saturated rings. The molecule has 3 rings (SSSR count). The van der Waals surface area contributed by atoms with E-state index in [4.69, 9.17) is 0 Å². The van der Waals surface area contributed by atoms with Crippen LogP contribution in [0.1, 0.15) is 36.0 Å². The van der Waals surface area contributed by atoms with E-state index in [1.807, 2.05) is 13.8 Å². The van der Waals surface area contributed by atoms with E-state index in [0.717, 1.165) is 48.3 Å². The Labute approximate surface area is 129 Å². The van der Waals surface area contributed by atoms with Crippen molar-refractivity contribution in [3.05, 3.63) is 29.3 Å². The van der Waals surface area contributed by atoms with Crippen LogP contribution in [0.4, 0.5) is 0 Å². The van der Waals surface area contributed by atoms with Crippen LogP contribution in [-0.2, 0) is 7.05 Å². The molecule has 0 saturated carbocycles. The Morgan fingerprint density at radius 2 is 1.81 bits per heavy atom. The first-order valence-corrected chi connectivity index (χ1v) is 8.18. The molecule has 0 spiro atoms. The van der Waals surface area contributed by atoms with Crippen LogP contribution in [0.5, 0.6) is 0 Å². The van der Waals surface area contributed by atoms with Gasteiger partial charge >= 0.3 is 0 Å². The van der Waals surface area contributed by atoms with Crippen molar-refractivity contribution in [2.24, 2.45) is 7.05 Å². The van der Waals surface area contributed by atoms with Gasteiger partial charge < -0.3 is 9.88 Å². The third-order valence-electron chi connectivity index (χ3n) is 3.84. The summed E-state index contributed by atoms with van der Waals surface area (Å²) in [6.07, 6.45) is 2.29. The first-order chi connectivity index (χ1) is 10.1. The Morgan fingerprint density at radius 1 is 1.14 bits per heavy atom. The predicted octanol–water partition coefficient (Wildman–Crippen LogP) is 2.45. The summed E-state index contributed by atoms with van der Waals surface area (Å²) >= 11 is 1.66. The minimum atomic E-state index is 0.527. The van der Waals surface area contributed by atoms with Gasteiger partial charge in [-0.2, -0.15) is 0 Å². The van der Waals surface area contributed by atoms with E-state index in [0.29, 0.717) is 5.92 Å². The molecule has 0 atom stereocenters. The van der Waals surface area contributed by atoms with E-state index in [1.54, 1.807) is 11.8 Å². The molecule has 21 heavy (non-hydrogen) atoms. The van der Waals surface area contributed by atoms with E-state index in [1.165, 1.54) is 4.90 Å². The highest BCUT2D eigenvalue weighted by Crippen LogP contribution is 2.30. The van der Waals surface area contributed by atoms with Gasteiger partial charge in [-0.1, -0.05) is 0 Å². The molecule has 0 unspecified atom stereocenters. The van der Waals surface area contributed by atoms with Crippen LogP contribution in [-0.4, -0.2) is 32.8 Å². The van der Waals surface area contributed by atoms with Crippen molar-refractivity contribution in [1.29, 1.82) is 0 Å². The average Bonchev–Trinajstić information content (AvgIpc) is 2.80. The summed E-state index contributed by atoms with van der Waals surface area (Å²) in [7, 11) is 2.07. The van der Waals surface area contributed by atoms with Crippen molar-refractivity contribution >= 4 is 11.8 Å². The maximum Gasteiger partial charge on any atom is 0.195 e. The fraction of sp³-hybridized carbons (Fsp3) is 0.533. The zero-order chi connectivity index (χ0) is 14.8. The Morgan fingerprint density at radius 3 is 2.48 bits per heavy atom. The van der Waals surface area contributed by atoms with Gasteiger partial charge in [-0.15, -0.1) is 10.2 Å². The van der Waals surface area contributed by atoms with Crippen LogP contribution in [0.25, 0.3) is 0 Å². The number of aryl methyl sites for hydroxylation is 2. The van der Waals surface area contributed by atoms with Crippen molar-refractivity contribution in [3.8, 4) is 0 Å². The Balaban J connectivity index is 1.81. The highest BCUT2D eigenvalue weighted by Gasteiger charge is 2.21. The maximum atomic E-state index is 4.43. The third kappa shape index (κ3) is 3.27. The number of nitrogens with one attached hydrogen (secondary N) is 1. The highest BCUT2D eigenvalue weighted by molar-refractivity contribution is 7.99. The standard InChI is InChI=1S/C15H21N5S/c1-10-8-13(9-11(2)17-10)21-15-19-18-14(20(15)3)12-4-6-16-7-5-12/h8-9,12,16H,4-7H2,1-3H3. The molecule has 1 aliphatic rings. The quantitative estimate of drug-likeness (QED) is 0.944. The van der Waals surface area contributed by atoms with Crippen LogP contribution < -0.4 is 5.32 Å². The molecule has 1 aliphatic heterocycles. The van der Waals surface area contributed by atoms with Gasteiger partial charge in [0.25, 0.3) is 0 Å². The summed E-state index contributed by atoms with van der Waals surface area (Å²) in [6.45, 7) is 6.19. The van der Waals surface area contributed by atoms with E-state index >= 15 is 0 Å². The molecule has 1 N–H and O–H groups in total. The summed E-state index contributed by atoms with van der Waals surface area (Å²) in [5, 5.41) is 13.2. The van der Waals surface area contributed by atoms with Gasteiger partial charge in [0.1, 0.15) is 5.82 Å². The molecule has 1 saturated heterocycles. The van der Waals surface area contributed by atoms with Crippen LogP contribution in [0, 0.1) is 13.8 Å². The van der Waals surface area contributed by atoms with Gasteiger partial charge in [0, 0.05) is 29.2 Å². The second kappa shape index (κ2) is 6.15. The molecular formula is C15H21N5S. The number of hydrogen-bond donors (Lipinski definition) is 1. The molecule has 6 heteroatoms. The maximum absolute atomic E-state index is 4.43. The number of piperidine rings is 1. The van der Waals surface area contributed by atoms with Crippen LogP contribution in [0.3, 0.4) is 0 Å². The van der Waals surface area contributed by atoms with Gasteiger partial charge in [0.05, 0.1) is 0 Å². The zero-order valence-electron chi connectivity index (χ0n) is 12.8. The van der Waals surface area contributed by atoms with Gasteiger partial charge in [0.15, 0.2) is 5.16 Å². The largest absolute Gasteiger partial charge is 0.317 e. The molecule has 2 aromatic rings. The zero-order valence-corrected chi connectivity index (χ0v) is 13.6. The van der Waals surface area contributed by atoms with E-state index in [2.05, 4.69) is 44.2 Å². The van der Waals surface area contributed by atoms with E-state index in [-0.39, 0.29) is 0 Å². The Hall–Kier alpha value is -1.40. The highest BCUT2D eigenvalue weighted by atomic mass is 32.2. The molecule has 0 radical (unpaired) electrons. The van der Waals surface area contributed by atoms with Crippen LogP contribution in [0.2, 0.25) is 0 Å². The monoisotopic (exact) mass is 303 g/mol. The minimum absolute atomic E-state index is 0.527. The lowest BCUT2D eigenvalue weighted by molar-refractivity contribution is 0.434. The van der Waals surface area contributed by atoms with E-state index in [9.17, 15) is 0 Å². The summed E-state index contributed by atoms with van der Waals surface area (Å²) in [4.78, 5) is 5.59. The molecule has 2 aromatic heterocycles. The van der Waals surface area contributed by atoms with Crippen molar-refractivity contribution < 1.29 is 0 Å². The first-order valence-electron chi connectivity index (χ1n) is 7.36. The summed E-state index contributed by atoms with van der Waals surface area (Å²) in [6, 6.07) is 4.19. The molecule has 5 nitrogen and oxygen atoms in total. The smallest absolute Gasteiger partial charge is 0.195 e. The fourth-order valence-corrected chi connectivity index (χ4v) is 3.79. The number of nitrogens with zero attached hydrogens (tertiary/aromatic N) is 4. The third-order valence-corrected chi connectivity index (χ3v) is 4.85. The van der Waals surface area contributed by atoms with E-state index < -0.39 is 0 Å². The number of hydrogen-bond acceptors (Lipinski definition) is 5. The van der Waals surface area contributed by atoms with Gasteiger partial charge in [-0.3, -0.25) is 4.98 Å². The van der Waals surface area contributed by atoms with Crippen molar-refractivity contribution in [2.75, 3.05) is 13.1 Å². The van der Waals surface area contributed by atoms with Crippen molar-refractivity contribution in [3.63, 3.8) is 0 Å². The number of rotatable bonds is 3. The lowest BCUT2D eigenvalue weighted by atomic mass is 9.97. The lowest BCUT2D eigenvalue weighted by Gasteiger charge is -2.21. The second-order valence-electron chi connectivity index (χ2n) is 5.61. The van der Waals surface area contributed by atoms with Gasteiger partial charge in [0.2, 0.25) is 0 Å². The Kier molecular flexibility index (Phi) is 4.26. The summed E-state index contributed by atoms with van der Waals surface area (Å²) < 4.78 is 2.14. The second-order valence-corrected chi connectivity index (χ2v) is 6.65. The lowest BCUT2D eigenvalue weighted by Crippen LogP contribution is -2.27. The molecule has 0 aromatic carbocycles. The molecule has 3 heterocycles. The Bertz CT molecular complexity index is 611. The number of pyridine rings is 1. The van der Waals surface area contributed by atoms with Crippen molar-refractivity contribution in [1.82, 2.24) is 25.1 Å². The van der Waals surface area contributed by atoms with Gasteiger partial charge in [-0.05, 0) is 63.7 Å². The fourth-order valence-electron chi connectivity index (χ4n) is 2.81. The van der Waals surface area contributed by atoms with Crippen molar-refractivity contribution in [2.45, 2.75) is 42.7 Å².